The summed E-state index contributed by atoms with van der Waals surface area (Å²) in [4.78, 5) is 14.6. The molecule has 0 atom stereocenters. The van der Waals surface area contributed by atoms with Crippen molar-refractivity contribution >= 4 is 11.6 Å². The fraction of sp³-hybridized carbons (Fsp3) is 0.182. The number of anilines is 1. The van der Waals surface area contributed by atoms with E-state index >= 15 is 0 Å². The Labute approximate surface area is 111 Å². The minimum Gasteiger partial charge on any atom is -0.385 e. The topological polar surface area (TPSA) is 69.0 Å². The number of hydrogen-bond acceptors (Lipinski definition) is 4. The zero-order valence-corrected chi connectivity index (χ0v) is 10.2. The number of alkyl halides is 3. The first kappa shape index (κ1) is 13.8. The molecule has 0 aliphatic rings. The van der Waals surface area contributed by atoms with Crippen LogP contribution in [0.25, 0.3) is 5.82 Å². The lowest BCUT2D eigenvalue weighted by molar-refractivity contribution is -0.275. The molecule has 0 saturated carbocycles. The van der Waals surface area contributed by atoms with Gasteiger partial charge in [-0.05, 0) is 18.2 Å². The van der Waals surface area contributed by atoms with Crippen molar-refractivity contribution in [1.29, 1.82) is 0 Å². The van der Waals surface area contributed by atoms with Gasteiger partial charge in [0, 0.05) is 19.3 Å². The number of carbonyl (C=O) groups excluding carboxylic acids is 1. The van der Waals surface area contributed by atoms with Crippen LogP contribution in [0.3, 0.4) is 0 Å². The summed E-state index contributed by atoms with van der Waals surface area (Å²) in [5.74, 6) is -1.16. The standard InChI is InChI=1S/C11H9F3N4O2/c1-7(19)16-8-3-4-9(18-6-2-5-15-18)17-10(8)20-11(12,13)14/h2-6H,1H3,(H,16,19). The largest absolute Gasteiger partial charge is 0.574 e. The third-order valence-corrected chi connectivity index (χ3v) is 2.11. The summed E-state index contributed by atoms with van der Waals surface area (Å²) < 4.78 is 42.1. The second kappa shape index (κ2) is 5.19. The van der Waals surface area contributed by atoms with Crippen molar-refractivity contribution in [2.45, 2.75) is 13.3 Å². The second-order valence-electron chi connectivity index (χ2n) is 3.70. The molecular formula is C11H9F3N4O2. The molecule has 2 aromatic heterocycles. The van der Waals surface area contributed by atoms with Crippen LogP contribution in [0.2, 0.25) is 0 Å². The highest BCUT2D eigenvalue weighted by atomic mass is 19.4. The van der Waals surface area contributed by atoms with Crippen molar-refractivity contribution in [3.8, 4) is 11.7 Å². The molecule has 0 bridgehead atoms. The lowest BCUT2D eigenvalue weighted by atomic mass is 10.3. The molecule has 2 rings (SSSR count). The van der Waals surface area contributed by atoms with Gasteiger partial charge in [0.15, 0.2) is 5.82 Å². The number of ether oxygens (including phenoxy) is 1. The molecule has 0 saturated heterocycles. The Balaban J connectivity index is 2.41. The van der Waals surface area contributed by atoms with E-state index in [1.165, 1.54) is 36.1 Å². The van der Waals surface area contributed by atoms with E-state index in [1.807, 2.05) is 0 Å². The van der Waals surface area contributed by atoms with Crippen LogP contribution in [0.4, 0.5) is 18.9 Å². The van der Waals surface area contributed by atoms with Crippen molar-refractivity contribution in [2.24, 2.45) is 0 Å². The SMILES string of the molecule is CC(=O)Nc1ccc(-n2cccn2)nc1OC(F)(F)F. The summed E-state index contributed by atoms with van der Waals surface area (Å²) in [5.41, 5.74) is -0.175. The first-order chi connectivity index (χ1) is 9.35. The van der Waals surface area contributed by atoms with Crippen LogP contribution in [0.1, 0.15) is 6.92 Å². The summed E-state index contributed by atoms with van der Waals surface area (Å²) in [5, 5.41) is 6.06. The Bertz CT molecular complexity index is 611. The monoisotopic (exact) mass is 286 g/mol. The minimum absolute atomic E-state index is 0.128. The van der Waals surface area contributed by atoms with Gasteiger partial charge in [0.25, 0.3) is 0 Å². The van der Waals surface area contributed by atoms with Crippen LogP contribution >= 0.6 is 0 Å². The summed E-state index contributed by atoms with van der Waals surface area (Å²) in [6, 6.07) is 4.25. The van der Waals surface area contributed by atoms with Gasteiger partial charge in [-0.2, -0.15) is 10.1 Å². The highest BCUT2D eigenvalue weighted by Gasteiger charge is 2.33. The molecule has 2 heterocycles. The molecule has 1 N–H and O–H groups in total. The first-order valence-electron chi connectivity index (χ1n) is 5.39. The number of carbonyl (C=O) groups is 1. The molecule has 1 amide bonds. The van der Waals surface area contributed by atoms with Gasteiger partial charge in [0.05, 0.1) is 0 Å². The fourth-order valence-electron chi connectivity index (χ4n) is 1.43. The smallest absolute Gasteiger partial charge is 0.385 e. The minimum atomic E-state index is -4.91. The molecule has 2 aromatic rings. The maximum absolute atomic E-state index is 12.3. The average molecular weight is 286 g/mol. The van der Waals surface area contributed by atoms with Crippen LogP contribution in [-0.2, 0) is 4.79 Å². The van der Waals surface area contributed by atoms with E-state index < -0.39 is 18.1 Å². The quantitative estimate of drug-likeness (QED) is 0.938. The van der Waals surface area contributed by atoms with Gasteiger partial charge in [0.1, 0.15) is 5.69 Å². The fourth-order valence-corrected chi connectivity index (χ4v) is 1.43. The lowest BCUT2D eigenvalue weighted by Crippen LogP contribution is -2.20. The maximum atomic E-state index is 12.3. The van der Waals surface area contributed by atoms with Crippen LogP contribution in [0, 0.1) is 0 Å². The van der Waals surface area contributed by atoms with E-state index in [1.54, 1.807) is 6.07 Å². The van der Waals surface area contributed by atoms with Crippen LogP contribution < -0.4 is 10.1 Å². The molecule has 0 radical (unpaired) electrons. The molecule has 0 aliphatic carbocycles. The molecule has 0 unspecified atom stereocenters. The Morgan fingerprint density at radius 1 is 1.40 bits per heavy atom. The molecule has 6 nitrogen and oxygen atoms in total. The van der Waals surface area contributed by atoms with Crippen molar-refractivity contribution in [1.82, 2.24) is 14.8 Å². The van der Waals surface area contributed by atoms with Gasteiger partial charge in [-0.25, -0.2) is 4.68 Å². The lowest BCUT2D eigenvalue weighted by Gasteiger charge is -2.13. The molecule has 0 spiro atoms. The van der Waals surface area contributed by atoms with Crippen molar-refractivity contribution in [3.05, 3.63) is 30.6 Å². The van der Waals surface area contributed by atoms with E-state index in [4.69, 9.17) is 0 Å². The van der Waals surface area contributed by atoms with Crippen LogP contribution in [0.5, 0.6) is 5.88 Å². The number of pyridine rings is 1. The van der Waals surface area contributed by atoms with E-state index in [-0.39, 0.29) is 11.5 Å². The van der Waals surface area contributed by atoms with E-state index in [2.05, 4.69) is 20.1 Å². The Kier molecular flexibility index (Phi) is 3.59. The van der Waals surface area contributed by atoms with Crippen molar-refractivity contribution < 1.29 is 22.7 Å². The predicted molar refractivity (Wildman–Crippen MR) is 62.3 cm³/mol. The van der Waals surface area contributed by atoms with Gasteiger partial charge < -0.3 is 10.1 Å². The number of aromatic nitrogens is 3. The molecular weight excluding hydrogens is 277 g/mol. The third-order valence-electron chi connectivity index (χ3n) is 2.11. The molecule has 106 valence electrons. The Morgan fingerprint density at radius 3 is 2.70 bits per heavy atom. The molecule has 0 aliphatic heterocycles. The third kappa shape index (κ3) is 3.46. The van der Waals surface area contributed by atoms with Gasteiger partial charge in [0.2, 0.25) is 11.8 Å². The summed E-state index contributed by atoms with van der Waals surface area (Å²) in [6.07, 6.45) is -1.95. The van der Waals surface area contributed by atoms with E-state index in [0.717, 1.165) is 0 Å². The van der Waals surface area contributed by atoms with Gasteiger partial charge in [-0.15, -0.1) is 13.2 Å². The highest BCUT2D eigenvalue weighted by molar-refractivity contribution is 5.90. The normalized spacial score (nSPS) is 11.2. The maximum Gasteiger partial charge on any atom is 0.574 e. The number of nitrogens with one attached hydrogen (secondary N) is 1. The van der Waals surface area contributed by atoms with Gasteiger partial charge in [-0.1, -0.05) is 0 Å². The molecule has 9 heteroatoms. The van der Waals surface area contributed by atoms with Crippen LogP contribution in [-0.4, -0.2) is 27.0 Å². The average Bonchev–Trinajstić information content (AvgIpc) is 2.82. The molecule has 0 aromatic carbocycles. The second-order valence-corrected chi connectivity index (χ2v) is 3.70. The van der Waals surface area contributed by atoms with Crippen molar-refractivity contribution in [2.75, 3.05) is 5.32 Å². The number of amides is 1. The summed E-state index contributed by atoms with van der Waals surface area (Å²) in [7, 11) is 0. The number of rotatable bonds is 3. The number of nitrogens with zero attached hydrogens (tertiary/aromatic N) is 3. The van der Waals surface area contributed by atoms with Crippen molar-refractivity contribution in [3.63, 3.8) is 0 Å². The zero-order chi connectivity index (χ0) is 14.8. The van der Waals surface area contributed by atoms with E-state index in [0.29, 0.717) is 0 Å². The number of hydrogen-bond donors (Lipinski definition) is 1. The number of halogens is 3. The van der Waals surface area contributed by atoms with Crippen LogP contribution in [0.15, 0.2) is 30.6 Å². The van der Waals surface area contributed by atoms with Gasteiger partial charge >= 0.3 is 6.36 Å². The first-order valence-corrected chi connectivity index (χ1v) is 5.39. The Morgan fingerprint density at radius 2 is 2.15 bits per heavy atom. The van der Waals surface area contributed by atoms with Gasteiger partial charge in [-0.3, -0.25) is 4.79 Å². The summed E-state index contributed by atoms with van der Waals surface area (Å²) >= 11 is 0. The summed E-state index contributed by atoms with van der Waals surface area (Å²) in [6.45, 7) is 1.17. The predicted octanol–water partition coefficient (Wildman–Crippen LogP) is 2.12. The molecule has 0 fully saturated rings. The highest BCUT2D eigenvalue weighted by Crippen LogP contribution is 2.29. The Hall–Kier alpha value is -2.58. The molecule has 20 heavy (non-hydrogen) atoms. The zero-order valence-electron chi connectivity index (χ0n) is 10.2. The van der Waals surface area contributed by atoms with E-state index in [9.17, 15) is 18.0 Å².